The Bertz CT molecular complexity index is 375. The molecule has 0 radical (unpaired) electrons. The molecule has 1 fully saturated rings. The summed E-state index contributed by atoms with van der Waals surface area (Å²) >= 11 is 0. The van der Waals surface area contributed by atoms with Crippen LogP contribution < -0.4 is 10.6 Å². The second-order valence-corrected chi connectivity index (χ2v) is 5.09. The van der Waals surface area contributed by atoms with Gasteiger partial charge >= 0.3 is 0 Å². The van der Waals surface area contributed by atoms with Gasteiger partial charge < -0.3 is 10.6 Å². The second-order valence-electron chi connectivity index (χ2n) is 5.09. The minimum atomic E-state index is 0.744. The smallest absolute Gasteiger partial charge is 0.128 e. The molecule has 0 amide bonds. The fourth-order valence-corrected chi connectivity index (χ4v) is 2.20. The molecule has 3 nitrogen and oxygen atoms in total. The highest BCUT2D eigenvalue weighted by molar-refractivity contribution is 5.52. The molecule has 2 atom stereocenters. The molecule has 1 aromatic rings. The van der Waals surface area contributed by atoms with Crippen LogP contribution in [-0.4, -0.2) is 18.1 Å². The molecule has 2 rings (SSSR count). The quantitative estimate of drug-likeness (QED) is 0.789. The number of aryl methyl sites for hydroxylation is 1. The Kier molecular flexibility index (Phi) is 3.03. The van der Waals surface area contributed by atoms with E-state index in [-0.39, 0.29) is 0 Å². The van der Waals surface area contributed by atoms with E-state index in [1.165, 1.54) is 6.42 Å². The third-order valence-electron chi connectivity index (χ3n) is 3.79. The van der Waals surface area contributed by atoms with Gasteiger partial charge in [0.1, 0.15) is 5.82 Å². The van der Waals surface area contributed by atoms with Gasteiger partial charge in [-0.1, -0.05) is 13.8 Å². The summed E-state index contributed by atoms with van der Waals surface area (Å²) in [7, 11) is 0. The van der Waals surface area contributed by atoms with Crippen LogP contribution in [0.5, 0.6) is 0 Å². The predicted octanol–water partition coefficient (Wildman–Crippen LogP) is 2.45. The van der Waals surface area contributed by atoms with E-state index in [4.69, 9.17) is 5.73 Å². The monoisotopic (exact) mass is 219 g/mol. The van der Waals surface area contributed by atoms with E-state index < -0.39 is 0 Å². The van der Waals surface area contributed by atoms with Crippen molar-refractivity contribution in [3.05, 3.63) is 17.8 Å². The SMILES string of the molecule is Cc1cc(N2CCC(C)C(C)C2)ncc1N. The van der Waals surface area contributed by atoms with Crippen molar-refractivity contribution in [1.29, 1.82) is 0 Å². The topological polar surface area (TPSA) is 42.2 Å². The highest BCUT2D eigenvalue weighted by Crippen LogP contribution is 2.26. The van der Waals surface area contributed by atoms with E-state index in [2.05, 4.69) is 29.8 Å². The maximum atomic E-state index is 5.79. The Morgan fingerprint density at radius 2 is 2.12 bits per heavy atom. The van der Waals surface area contributed by atoms with Crippen LogP contribution in [0.3, 0.4) is 0 Å². The van der Waals surface area contributed by atoms with Crippen LogP contribution >= 0.6 is 0 Å². The number of aromatic nitrogens is 1. The molecule has 16 heavy (non-hydrogen) atoms. The van der Waals surface area contributed by atoms with E-state index in [9.17, 15) is 0 Å². The average molecular weight is 219 g/mol. The average Bonchev–Trinajstić information content (AvgIpc) is 2.26. The van der Waals surface area contributed by atoms with Gasteiger partial charge in [0.2, 0.25) is 0 Å². The Morgan fingerprint density at radius 3 is 2.75 bits per heavy atom. The minimum Gasteiger partial charge on any atom is -0.397 e. The summed E-state index contributed by atoms with van der Waals surface area (Å²) in [6.45, 7) is 8.92. The van der Waals surface area contributed by atoms with Crippen molar-refractivity contribution in [1.82, 2.24) is 4.98 Å². The molecule has 3 heteroatoms. The highest BCUT2D eigenvalue weighted by atomic mass is 15.2. The van der Waals surface area contributed by atoms with Gasteiger partial charge in [0.15, 0.2) is 0 Å². The lowest BCUT2D eigenvalue weighted by atomic mass is 9.89. The van der Waals surface area contributed by atoms with Crippen molar-refractivity contribution in [2.24, 2.45) is 11.8 Å². The van der Waals surface area contributed by atoms with Gasteiger partial charge in [-0.2, -0.15) is 0 Å². The van der Waals surface area contributed by atoms with Crippen molar-refractivity contribution in [3.8, 4) is 0 Å². The first kappa shape index (κ1) is 11.2. The highest BCUT2D eigenvalue weighted by Gasteiger charge is 2.23. The zero-order valence-electron chi connectivity index (χ0n) is 10.4. The fraction of sp³-hybridized carbons (Fsp3) is 0.615. The van der Waals surface area contributed by atoms with E-state index in [0.717, 1.165) is 42.0 Å². The van der Waals surface area contributed by atoms with Crippen LogP contribution in [0.15, 0.2) is 12.3 Å². The number of piperidine rings is 1. The standard InChI is InChI=1S/C13H21N3/c1-9-4-5-16(8-11(9)3)13-6-10(2)12(14)7-15-13/h6-7,9,11H,4-5,8,14H2,1-3H3. The zero-order chi connectivity index (χ0) is 11.7. The van der Waals surface area contributed by atoms with E-state index >= 15 is 0 Å². The largest absolute Gasteiger partial charge is 0.397 e. The van der Waals surface area contributed by atoms with Crippen molar-refractivity contribution in [2.45, 2.75) is 27.2 Å². The molecule has 1 aromatic heterocycles. The molecule has 0 saturated carbocycles. The van der Waals surface area contributed by atoms with E-state index in [1.54, 1.807) is 6.20 Å². The molecule has 0 aliphatic carbocycles. The predicted molar refractivity (Wildman–Crippen MR) is 68.5 cm³/mol. The third-order valence-corrected chi connectivity index (χ3v) is 3.79. The number of pyridine rings is 1. The van der Waals surface area contributed by atoms with Crippen molar-refractivity contribution >= 4 is 11.5 Å². The van der Waals surface area contributed by atoms with Crippen LogP contribution in [0.2, 0.25) is 0 Å². The third kappa shape index (κ3) is 2.13. The molecule has 0 spiro atoms. The first-order chi connectivity index (χ1) is 7.58. The lowest BCUT2D eigenvalue weighted by molar-refractivity contribution is 0.323. The maximum Gasteiger partial charge on any atom is 0.128 e. The number of anilines is 2. The van der Waals surface area contributed by atoms with E-state index in [0.29, 0.717) is 0 Å². The lowest BCUT2D eigenvalue weighted by Crippen LogP contribution is -2.38. The van der Waals surface area contributed by atoms with Gasteiger partial charge in [0.05, 0.1) is 11.9 Å². The Balaban J connectivity index is 2.15. The van der Waals surface area contributed by atoms with Crippen LogP contribution in [0.4, 0.5) is 11.5 Å². The Labute approximate surface area is 97.7 Å². The minimum absolute atomic E-state index is 0.744. The fourth-order valence-electron chi connectivity index (χ4n) is 2.20. The molecule has 2 unspecified atom stereocenters. The van der Waals surface area contributed by atoms with Gasteiger partial charge in [0, 0.05) is 13.1 Å². The summed E-state index contributed by atoms with van der Waals surface area (Å²) < 4.78 is 0. The lowest BCUT2D eigenvalue weighted by Gasteiger charge is -2.36. The van der Waals surface area contributed by atoms with Gasteiger partial charge in [-0.05, 0) is 36.8 Å². The number of hydrogen-bond donors (Lipinski definition) is 1. The van der Waals surface area contributed by atoms with Crippen molar-refractivity contribution in [3.63, 3.8) is 0 Å². The summed E-state index contributed by atoms with van der Waals surface area (Å²) in [5.74, 6) is 2.64. The summed E-state index contributed by atoms with van der Waals surface area (Å²) in [5.41, 5.74) is 7.69. The normalized spacial score (nSPS) is 25.8. The number of nitrogens with zero attached hydrogens (tertiary/aromatic N) is 2. The maximum absolute atomic E-state index is 5.79. The number of nitrogen functional groups attached to an aromatic ring is 1. The zero-order valence-corrected chi connectivity index (χ0v) is 10.4. The molecule has 1 aliphatic heterocycles. The summed E-state index contributed by atoms with van der Waals surface area (Å²) in [6, 6.07) is 2.10. The molecular weight excluding hydrogens is 198 g/mol. The van der Waals surface area contributed by atoms with Crippen molar-refractivity contribution in [2.75, 3.05) is 23.7 Å². The van der Waals surface area contributed by atoms with Crippen LogP contribution in [0.25, 0.3) is 0 Å². The summed E-state index contributed by atoms with van der Waals surface area (Å²) in [4.78, 5) is 6.80. The number of hydrogen-bond acceptors (Lipinski definition) is 3. The van der Waals surface area contributed by atoms with Gasteiger partial charge in [-0.15, -0.1) is 0 Å². The van der Waals surface area contributed by atoms with Gasteiger partial charge in [-0.3, -0.25) is 0 Å². The number of nitrogens with two attached hydrogens (primary N) is 1. The molecule has 1 aliphatic rings. The first-order valence-corrected chi connectivity index (χ1v) is 6.05. The molecule has 88 valence electrons. The molecule has 0 aromatic carbocycles. The first-order valence-electron chi connectivity index (χ1n) is 6.05. The molecular formula is C13H21N3. The number of rotatable bonds is 1. The van der Waals surface area contributed by atoms with Crippen LogP contribution in [0.1, 0.15) is 25.8 Å². The van der Waals surface area contributed by atoms with Gasteiger partial charge in [0.25, 0.3) is 0 Å². The van der Waals surface area contributed by atoms with Gasteiger partial charge in [-0.25, -0.2) is 4.98 Å². The van der Waals surface area contributed by atoms with E-state index in [1.807, 2.05) is 6.92 Å². The summed E-state index contributed by atoms with van der Waals surface area (Å²) in [6.07, 6.45) is 3.03. The van der Waals surface area contributed by atoms with Crippen LogP contribution in [0, 0.1) is 18.8 Å². The summed E-state index contributed by atoms with van der Waals surface area (Å²) in [5, 5.41) is 0. The van der Waals surface area contributed by atoms with Crippen molar-refractivity contribution < 1.29 is 0 Å². The van der Waals surface area contributed by atoms with Crippen LogP contribution in [-0.2, 0) is 0 Å². The molecule has 0 bridgehead atoms. The molecule has 2 heterocycles. The Morgan fingerprint density at radius 1 is 1.38 bits per heavy atom. The Hall–Kier alpha value is -1.25. The molecule has 1 saturated heterocycles. The second kappa shape index (κ2) is 4.32. The molecule has 2 N–H and O–H groups in total.